The Hall–Kier alpha value is -3.50. The molecule has 1 aliphatic rings. The van der Waals surface area contributed by atoms with Crippen LogP contribution in [0.5, 0.6) is 0 Å². The summed E-state index contributed by atoms with van der Waals surface area (Å²) in [7, 11) is 1.61. The Labute approximate surface area is 193 Å². The minimum atomic E-state index is -0.899. The van der Waals surface area contributed by atoms with Crippen LogP contribution in [-0.4, -0.2) is 33.1 Å². The van der Waals surface area contributed by atoms with Crippen LogP contribution in [0.2, 0.25) is 5.02 Å². The summed E-state index contributed by atoms with van der Waals surface area (Å²) in [6.45, 7) is -0.00483. The van der Waals surface area contributed by atoms with E-state index in [-0.39, 0.29) is 35.6 Å². The van der Waals surface area contributed by atoms with Gasteiger partial charge in [-0.3, -0.25) is 19.0 Å². The quantitative estimate of drug-likeness (QED) is 0.420. The van der Waals surface area contributed by atoms with Gasteiger partial charge in [-0.25, -0.2) is 4.79 Å². The number of H-pyrrole nitrogens is 1. The first-order valence-corrected chi connectivity index (χ1v) is 10.4. The summed E-state index contributed by atoms with van der Waals surface area (Å²) >= 11 is 11.5. The molecule has 1 atom stereocenters. The van der Waals surface area contributed by atoms with Crippen molar-refractivity contribution in [2.45, 2.75) is 19.0 Å². The van der Waals surface area contributed by atoms with Crippen LogP contribution in [-0.2, 0) is 23.2 Å². The second kappa shape index (κ2) is 8.93. The second-order valence-corrected chi connectivity index (χ2v) is 7.98. The number of rotatable bonds is 6. The maximum Gasteiger partial charge on any atom is 0.431 e. The number of thiocarbonyl (C=S) groups is 1. The van der Waals surface area contributed by atoms with Gasteiger partial charge in [0, 0.05) is 10.7 Å². The Morgan fingerprint density at radius 2 is 1.88 bits per heavy atom. The van der Waals surface area contributed by atoms with E-state index >= 15 is 0 Å². The van der Waals surface area contributed by atoms with Crippen LogP contribution in [0.1, 0.15) is 12.1 Å². The molecule has 1 unspecified atom stereocenters. The van der Waals surface area contributed by atoms with Crippen LogP contribution in [0, 0.1) is 0 Å². The first kappa shape index (κ1) is 21.7. The van der Waals surface area contributed by atoms with E-state index in [1.165, 1.54) is 9.58 Å². The first-order valence-electron chi connectivity index (χ1n) is 9.66. The fourth-order valence-electron chi connectivity index (χ4n) is 3.44. The van der Waals surface area contributed by atoms with Crippen LogP contribution in [0.4, 0.5) is 11.4 Å². The molecule has 2 N–H and O–H groups in total. The van der Waals surface area contributed by atoms with Gasteiger partial charge in [0.2, 0.25) is 5.91 Å². The van der Waals surface area contributed by atoms with Crippen molar-refractivity contribution in [3.05, 3.63) is 75.7 Å². The molecule has 1 aromatic heterocycles. The Bertz CT molecular complexity index is 1220. The van der Waals surface area contributed by atoms with Crippen molar-refractivity contribution in [3.8, 4) is 0 Å². The van der Waals surface area contributed by atoms with E-state index in [0.29, 0.717) is 16.4 Å². The Morgan fingerprint density at radius 3 is 2.50 bits per heavy atom. The number of hydrogen-bond donors (Lipinski definition) is 2. The van der Waals surface area contributed by atoms with Crippen LogP contribution < -0.4 is 20.5 Å². The van der Waals surface area contributed by atoms with Crippen LogP contribution >= 0.6 is 23.8 Å². The molecule has 2 heterocycles. The number of para-hydroxylation sites is 1. The number of aryl methyl sites for hydroxylation is 1. The van der Waals surface area contributed by atoms with E-state index in [4.69, 9.17) is 28.3 Å². The third-order valence-electron chi connectivity index (χ3n) is 5.08. The number of nitrogens with zero attached hydrogens (tertiary/aromatic N) is 3. The number of anilines is 2. The lowest BCUT2D eigenvalue weighted by Crippen LogP contribution is -2.44. The molecule has 1 fully saturated rings. The number of aromatic nitrogens is 2. The number of aromatic amines is 1. The van der Waals surface area contributed by atoms with E-state index in [9.17, 15) is 14.4 Å². The van der Waals surface area contributed by atoms with Crippen molar-refractivity contribution >= 4 is 52.1 Å². The summed E-state index contributed by atoms with van der Waals surface area (Å²) in [4.78, 5) is 41.1. The molecule has 9 nitrogen and oxygen atoms in total. The number of hydrogen-bond acceptors (Lipinski definition) is 5. The molecule has 32 heavy (non-hydrogen) atoms. The fraction of sp³-hybridized carbons (Fsp3) is 0.190. The van der Waals surface area contributed by atoms with Gasteiger partial charge in [-0.15, -0.1) is 0 Å². The van der Waals surface area contributed by atoms with Crippen LogP contribution in [0.25, 0.3) is 0 Å². The van der Waals surface area contributed by atoms with Crippen molar-refractivity contribution < 1.29 is 18.8 Å². The van der Waals surface area contributed by atoms with Gasteiger partial charge < -0.3 is 10.2 Å². The lowest BCUT2D eigenvalue weighted by atomic mass is 10.1. The highest BCUT2D eigenvalue weighted by Gasteiger charge is 2.45. The summed E-state index contributed by atoms with van der Waals surface area (Å²) in [5, 5.41) is 5.95. The molecule has 1 aliphatic heterocycles. The van der Waals surface area contributed by atoms with E-state index in [1.807, 2.05) is 6.07 Å². The standard InChI is InChI=1S/C21H18ClN5O4S/c1-25-17(20(30)31-24-25)12-26-16(11-18(28)23-14-9-7-13(22)8-10-14)19(29)27(21(26)32)15-5-3-2-4-6-15/h2-10,16H,11-12H2,1H3,(H-,23,24,28,30)/p+1. The number of amides is 2. The smallest absolute Gasteiger partial charge is 0.326 e. The van der Waals surface area contributed by atoms with Gasteiger partial charge in [-0.05, 0) is 53.9 Å². The van der Waals surface area contributed by atoms with Crippen molar-refractivity contribution in [3.63, 3.8) is 0 Å². The molecule has 0 bridgehead atoms. The monoisotopic (exact) mass is 472 g/mol. The fourth-order valence-corrected chi connectivity index (χ4v) is 3.96. The molecule has 0 spiro atoms. The Morgan fingerprint density at radius 1 is 1.19 bits per heavy atom. The molecular formula is C21H19ClN5O4S+. The molecule has 0 radical (unpaired) electrons. The second-order valence-electron chi connectivity index (χ2n) is 7.18. The lowest BCUT2D eigenvalue weighted by Gasteiger charge is -2.21. The van der Waals surface area contributed by atoms with Gasteiger partial charge in [0.15, 0.2) is 12.2 Å². The van der Waals surface area contributed by atoms with Gasteiger partial charge in [-0.2, -0.15) is 0 Å². The molecular weight excluding hydrogens is 454 g/mol. The number of carbonyl (C=O) groups excluding carboxylic acids is 2. The average Bonchev–Trinajstić information content (AvgIpc) is 3.21. The van der Waals surface area contributed by atoms with E-state index < -0.39 is 11.7 Å². The van der Waals surface area contributed by atoms with Crippen molar-refractivity contribution in [2.24, 2.45) is 7.05 Å². The molecule has 11 heteroatoms. The van der Waals surface area contributed by atoms with Gasteiger partial charge in [0.1, 0.15) is 12.6 Å². The topological polar surface area (TPSA) is 103 Å². The van der Waals surface area contributed by atoms with Gasteiger partial charge in [0.05, 0.1) is 12.1 Å². The molecule has 3 aromatic rings. The number of benzene rings is 2. The summed E-state index contributed by atoms with van der Waals surface area (Å²) in [5.41, 5.74) is 0.818. The zero-order valence-electron chi connectivity index (χ0n) is 16.9. The highest BCUT2D eigenvalue weighted by molar-refractivity contribution is 7.80. The van der Waals surface area contributed by atoms with Gasteiger partial charge in [0.25, 0.3) is 5.91 Å². The van der Waals surface area contributed by atoms with E-state index in [0.717, 1.165) is 0 Å². The zero-order valence-corrected chi connectivity index (χ0v) is 18.5. The maximum atomic E-state index is 13.3. The first-order chi connectivity index (χ1) is 15.3. The van der Waals surface area contributed by atoms with E-state index in [2.05, 4.69) is 10.6 Å². The molecule has 2 amide bonds. The van der Waals surface area contributed by atoms with Gasteiger partial charge in [-0.1, -0.05) is 34.5 Å². The van der Waals surface area contributed by atoms with Crippen LogP contribution in [0.15, 0.2) is 63.9 Å². The summed E-state index contributed by atoms with van der Waals surface area (Å²) in [6.07, 6.45) is -0.162. The third-order valence-corrected chi connectivity index (χ3v) is 5.74. The SMILES string of the molecule is C[n+]1[nH]oc(=O)c1CN1C(=S)N(c2ccccc2)C(=O)C1CC(=O)Nc1ccc(Cl)cc1. The number of halogens is 1. The maximum absolute atomic E-state index is 13.3. The highest BCUT2D eigenvalue weighted by atomic mass is 35.5. The average molecular weight is 473 g/mol. The molecule has 0 aliphatic carbocycles. The zero-order chi connectivity index (χ0) is 22.8. The Kier molecular flexibility index (Phi) is 6.06. The normalized spacial score (nSPS) is 16.0. The van der Waals surface area contributed by atoms with Crippen molar-refractivity contribution in [1.82, 2.24) is 10.2 Å². The predicted molar refractivity (Wildman–Crippen MR) is 121 cm³/mol. The summed E-state index contributed by atoms with van der Waals surface area (Å²) < 4.78 is 6.22. The number of carbonyl (C=O) groups is 2. The summed E-state index contributed by atoms with van der Waals surface area (Å²) in [5.74, 6) is -0.728. The molecule has 164 valence electrons. The lowest BCUT2D eigenvalue weighted by molar-refractivity contribution is -0.746. The van der Waals surface area contributed by atoms with E-state index in [1.54, 1.807) is 60.5 Å². The van der Waals surface area contributed by atoms with Crippen molar-refractivity contribution in [1.29, 1.82) is 0 Å². The minimum Gasteiger partial charge on any atom is -0.326 e. The third kappa shape index (κ3) is 4.27. The minimum absolute atomic E-state index is 0.00483. The van der Waals surface area contributed by atoms with Crippen molar-refractivity contribution in [2.75, 3.05) is 10.2 Å². The predicted octanol–water partition coefficient (Wildman–Crippen LogP) is 1.98. The summed E-state index contributed by atoms with van der Waals surface area (Å²) in [6, 6.07) is 14.7. The molecule has 2 aromatic carbocycles. The Balaban J connectivity index is 1.62. The molecule has 1 saturated heterocycles. The largest absolute Gasteiger partial charge is 0.431 e. The van der Waals surface area contributed by atoms with Crippen LogP contribution in [0.3, 0.4) is 0 Å². The number of nitrogens with one attached hydrogen (secondary N) is 2. The van der Waals surface area contributed by atoms with Gasteiger partial charge >= 0.3 is 11.3 Å². The molecule has 4 rings (SSSR count). The highest BCUT2D eigenvalue weighted by Crippen LogP contribution is 2.28. The molecule has 0 saturated carbocycles.